The lowest BCUT2D eigenvalue weighted by Gasteiger charge is -2.22. The molecule has 0 saturated heterocycles. The third kappa shape index (κ3) is 7.45. The van der Waals surface area contributed by atoms with Gasteiger partial charge in [0.2, 0.25) is 0 Å². The van der Waals surface area contributed by atoms with E-state index in [9.17, 15) is 9.59 Å². The van der Waals surface area contributed by atoms with Crippen LogP contribution in [0.5, 0.6) is 0 Å². The Bertz CT molecular complexity index is 642. The highest BCUT2D eigenvalue weighted by molar-refractivity contribution is 7.10. The molecule has 0 fully saturated rings. The number of hydrogen-bond acceptors (Lipinski definition) is 6. The lowest BCUT2D eigenvalue weighted by atomic mass is 10.2. The average molecular weight is 397 g/mol. The summed E-state index contributed by atoms with van der Waals surface area (Å²) < 4.78 is 10.4. The molecule has 8 heteroatoms. The predicted molar refractivity (Wildman–Crippen MR) is 103 cm³/mol. The van der Waals surface area contributed by atoms with E-state index in [2.05, 4.69) is 5.32 Å². The van der Waals surface area contributed by atoms with Crippen molar-refractivity contribution in [1.29, 1.82) is 0 Å². The Morgan fingerprint density at radius 2 is 1.65 bits per heavy atom. The smallest absolute Gasteiger partial charge is 0.410 e. The van der Waals surface area contributed by atoms with Gasteiger partial charge in [0.05, 0.1) is 19.6 Å². The Labute approximate surface area is 161 Å². The molecule has 0 radical (unpaired) electrons. The molecular weight excluding hydrogens is 372 g/mol. The van der Waals surface area contributed by atoms with Crippen molar-refractivity contribution in [2.24, 2.45) is 0 Å². The summed E-state index contributed by atoms with van der Waals surface area (Å²) in [7, 11) is 0. The maximum absolute atomic E-state index is 12.4. The Hall–Kier alpha value is -2.06. The minimum absolute atomic E-state index is 0.0868. The number of hydrogen-bond donors (Lipinski definition) is 1. The van der Waals surface area contributed by atoms with E-state index in [4.69, 9.17) is 9.47 Å². The molecule has 2 heterocycles. The van der Waals surface area contributed by atoms with E-state index in [1.165, 1.54) is 0 Å². The first-order chi connectivity index (χ1) is 12.3. The standard InChI is InChI=1S/C18H24N2O4S2/c1-18(2,3)24-16(21)19-8-9-23-17(22)20(12-14-6-4-10-25-14)13-15-7-5-11-26-15/h4-7,10-11H,8-9,12-13H2,1-3H3,(H,19,21). The maximum Gasteiger partial charge on any atom is 0.410 e. The zero-order valence-electron chi connectivity index (χ0n) is 15.2. The number of carbonyl (C=O) groups excluding carboxylic acids is 2. The molecule has 0 spiro atoms. The third-order valence-corrected chi connectivity index (χ3v) is 4.83. The highest BCUT2D eigenvalue weighted by Gasteiger charge is 2.18. The Morgan fingerprint density at radius 3 is 2.12 bits per heavy atom. The van der Waals surface area contributed by atoms with Gasteiger partial charge in [0, 0.05) is 9.75 Å². The zero-order chi connectivity index (χ0) is 19.0. The lowest BCUT2D eigenvalue weighted by Crippen LogP contribution is -2.36. The molecular formula is C18H24N2O4S2. The summed E-state index contributed by atoms with van der Waals surface area (Å²) in [4.78, 5) is 27.9. The van der Waals surface area contributed by atoms with Gasteiger partial charge in [-0.25, -0.2) is 9.59 Å². The van der Waals surface area contributed by atoms with Gasteiger partial charge in [-0.15, -0.1) is 22.7 Å². The minimum atomic E-state index is -0.557. The number of alkyl carbamates (subject to hydrolysis) is 1. The van der Waals surface area contributed by atoms with Crippen molar-refractivity contribution < 1.29 is 19.1 Å². The summed E-state index contributed by atoms with van der Waals surface area (Å²) in [5, 5.41) is 6.53. The summed E-state index contributed by atoms with van der Waals surface area (Å²) in [6, 6.07) is 7.89. The van der Waals surface area contributed by atoms with E-state index in [0.29, 0.717) is 13.1 Å². The van der Waals surface area contributed by atoms with Crippen molar-refractivity contribution in [2.75, 3.05) is 13.2 Å². The molecule has 6 nitrogen and oxygen atoms in total. The SMILES string of the molecule is CC(C)(C)OC(=O)NCCOC(=O)N(Cc1cccs1)Cc1cccs1. The topological polar surface area (TPSA) is 67.9 Å². The van der Waals surface area contributed by atoms with Crippen molar-refractivity contribution in [2.45, 2.75) is 39.5 Å². The summed E-state index contributed by atoms with van der Waals surface area (Å²) in [5.74, 6) is 0. The van der Waals surface area contributed by atoms with Crippen LogP contribution < -0.4 is 5.32 Å². The number of nitrogens with one attached hydrogen (secondary N) is 1. The summed E-state index contributed by atoms with van der Waals surface area (Å²) >= 11 is 3.20. The minimum Gasteiger partial charge on any atom is -0.448 e. The van der Waals surface area contributed by atoms with Crippen LogP contribution in [0.3, 0.4) is 0 Å². The molecule has 0 aliphatic rings. The van der Waals surface area contributed by atoms with Gasteiger partial charge in [-0.2, -0.15) is 0 Å². The van der Waals surface area contributed by atoms with Gasteiger partial charge in [0.15, 0.2) is 0 Å². The summed E-state index contributed by atoms with van der Waals surface area (Å²) in [5.41, 5.74) is -0.557. The van der Waals surface area contributed by atoms with Crippen LogP contribution in [0, 0.1) is 0 Å². The molecule has 0 atom stereocenters. The van der Waals surface area contributed by atoms with Crippen LogP contribution in [0.1, 0.15) is 30.5 Å². The van der Waals surface area contributed by atoms with Gasteiger partial charge in [0.1, 0.15) is 12.2 Å². The van der Waals surface area contributed by atoms with E-state index >= 15 is 0 Å². The second-order valence-corrected chi connectivity index (χ2v) is 8.62. The summed E-state index contributed by atoms with van der Waals surface area (Å²) in [6.07, 6.45) is -0.930. The number of rotatable bonds is 7. The summed E-state index contributed by atoms with van der Waals surface area (Å²) in [6.45, 7) is 6.65. The number of nitrogens with zero attached hydrogens (tertiary/aromatic N) is 1. The highest BCUT2D eigenvalue weighted by Crippen LogP contribution is 2.18. The van der Waals surface area contributed by atoms with Gasteiger partial charge >= 0.3 is 12.2 Å². The molecule has 1 N–H and O–H groups in total. The number of ether oxygens (including phenoxy) is 2. The first kappa shape index (κ1) is 20.3. The zero-order valence-corrected chi connectivity index (χ0v) is 16.8. The van der Waals surface area contributed by atoms with Gasteiger partial charge in [-0.05, 0) is 43.7 Å². The molecule has 0 bridgehead atoms. The predicted octanol–water partition coefficient (Wildman–Crippen LogP) is 4.47. The van der Waals surface area contributed by atoms with Crippen LogP contribution >= 0.6 is 22.7 Å². The number of amides is 2. The maximum atomic E-state index is 12.4. The average Bonchev–Trinajstić information content (AvgIpc) is 3.22. The fourth-order valence-corrected chi connectivity index (χ4v) is 3.50. The first-order valence-electron chi connectivity index (χ1n) is 8.27. The molecule has 2 amide bonds. The quantitative estimate of drug-likeness (QED) is 0.701. The molecule has 2 aromatic heterocycles. The van der Waals surface area contributed by atoms with Crippen LogP contribution in [0.15, 0.2) is 35.0 Å². The van der Waals surface area contributed by atoms with Crippen molar-refractivity contribution in [3.05, 3.63) is 44.8 Å². The molecule has 142 valence electrons. The van der Waals surface area contributed by atoms with Crippen molar-refractivity contribution in [3.63, 3.8) is 0 Å². The Kier molecular flexibility index (Phi) is 7.47. The van der Waals surface area contributed by atoms with E-state index in [-0.39, 0.29) is 13.2 Å². The van der Waals surface area contributed by atoms with Crippen LogP contribution in [0.25, 0.3) is 0 Å². The second-order valence-electron chi connectivity index (χ2n) is 6.56. The van der Waals surface area contributed by atoms with E-state index in [0.717, 1.165) is 9.75 Å². The molecule has 26 heavy (non-hydrogen) atoms. The largest absolute Gasteiger partial charge is 0.448 e. The van der Waals surface area contributed by atoms with Crippen LogP contribution in [-0.2, 0) is 22.6 Å². The second kappa shape index (κ2) is 9.59. The molecule has 0 aliphatic carbocycles. The highest BCUT2D eigenvalue weighted by atomic mass is 32.1. The van der Waals surface area contributed by atoms with Crippen molar-refractivity contribution >= 4 is 34.9 Å². The van der Waals surface area contributed by atoms with Crippen molar-refractivity contribution in [1.82, 2.24) is 10.2 Å². The van der Waals surface area contributed by atoms with Gasteiger partial charge in [0.25, 0.3) is 0 Å². The van der Waals surface area contributed by atoms with Gasteiger partial charge < -0.3 is 14.8 Å². The molecule has 0 unspecified atom stereocenters. The van der Waals surface area contributed by atoms with E-state index in [1.54, 1.807) is 48.3 Å². The Balaban J connectivity index is 1.81. The lowest BCUT2D eigenvalue weighted by molar-refractivity contribution is 0.0500. The molecule has 2 rings (SSSR count). The van der Waals surface area contributed by atoms with Crippen LogP contribution in [0.2, 0.25) is 0 Å². The molecule has 2 aromatic rings. The molecule has 0 saturated carbocycles. The fourth-order valence-electron chi connectivity index (χ4n) is 2.06. The van der Waals surface area contributed by atoms with Crippen LogP contribution in [-0.4, -0.2) is 35.8 Å². The number of carbonyl (C=O) groups is 2. The monoisotopic (exact) mass is 396 g/mol. The van der Waals surface area contributed by atoms with E-state index < -0.39 is 17.8 Å². The van der Waals surface area contributed by atoms with Crippen molar-refractivity contribution in [3.8, 4) is 0 Å². The normalized spacial score (nSPS) is 11.0. The third-order valence-electron chi connectivity index (χ3n) is 3.11. The fraction of sp³-hybridized carbons (Fsp3) is 0.444. The van der Waals surface area contributed by atoms with Gasteiger partial charge in [-0.3, -0.25) is 4.90 Å². The first-order valence-corrected chi connectivity index (χ1v) is 10.0. The van der Waals surface area contributed by atoms with Gasteiger partial charge in [-0.1, -0.05) is 12.1 Å². The van der Waals surface area contributed by atoms with Crippen LogP contribution in [0.4, 0.5) is 9.59 Å². The Morgan fingerprint density at radius 1 is 1.08 bits per heavy atom. The molecule has 0 aromatic carbocycles. The number of thiophene rings is 2. The van der Waals surface area contributed by atoms with E-state index in [1.807, 2.05) is 35.0 Å². The molecule has 0 aliphatic heterocycles.